The standard InChI is InChI=1S/C18H27N3O3S/c1-16-7-5-6-10-20(16)15-18(22)19-11-13-21(14-12-19)25(23,24)17-8-3-2-4-9-17/h2-4,8-9,16H,5-7,10-15H2,1H3/p+1/t16-/m1/s1. The van der Waals surface area contributed by atoms with Crippen LogP contribution in [0.25, 0.3) is 0 Å². The molecule has 1 aromatic carbocycles. The van der Waals surface area contributed by atoms with Crippen molar-refractivity contribution in [2.75, 3.05) is 39.3 Å². The first-order valence-electron chi connectivity index (χ1n) is 9.16. The van der Waals surface area contributed by atoms with Crippen LogP contribution in [0.15, 0.2) is 35.2 Å². The number of rotatable bonds is 4. The van der Waals surface area contributed by atoms with E-state index in [9.17, 15) is 13.2 Å². The van der Waals surface area contributed by atoms with Gasteiger partial charge in [0.1, 0.15) is 0 Å². The number of likely N-dealkylation sites (tertiary alicyclic amines) is 1. The Hall–Kier alpha value is -1.44. The van der Waals surface area contributed by atoms with Crippen molar-refractivity contribution >= 4 is 15.9 Å². The molecule has 1 aromatic rings. The quantitative estimate of drug-likeness (QED) is 0.815. The Morgan fingerprint density at radius 1 is 1.12 bits per heavy atom. The molecule has 2 fully saturated rings. The molecule has 2 heterocycles. The molecule has 0 aliphatic carbocycles. The SMILES string of the molecule is C[C@@H]1CCCC[NH+]1CC(=O)N1CCN(S(=O)(=O)c2ccccc2)CC1. The Balaban J connectivity index is 1.55. The zero-order valence-electron chi connectivity index (χ0n) is 14.9. The summed E-state index contributed by atoms with van der Waals surface area (Å²) >= 11 is 0. The third-order valence-corrected chi connectivity index (χ3v) is 7.35. The van der Waals surface area contributed by atoms with Crippen molar-refractivity contribution in [1.82, 2.24) is 9.21 Å². The number of carbonyl (C=O) groups is 1. The van der Waals surface area contributed by atoms with Crippen LogP contribution in [0.5, 0.6) is 0 Å². The molecule has 7 heteroatoms. The number of hydrogen-bond acceptors (Lipinski definition) is 3. The lowest BCUT2D eigenvalue weighted by Gasteiger charge is -2.36. The second-order valence-electron chi connectivity index (χ2n) is 7.08. The number of carbonyl (C=O) groups excluding carboxylic acids is 1. The summed E-state index contributed by atoms with van der Waals surface area (Å²) in [5, 5.41) is 0. The van der Waals surface area contributed by atoms with Gasteiger partial charge in [0, 0.05) is 26.2 Å². The highest BCUT2D eigenvalue weighted by molar-refractivity contribution is 7.89. The highest BCUT2D eigenvalue weighted by atomic mass is 32.2. The number of benzene rings is 1. The minimum Gasteiger partial charge on any atom is -0.335 e. The fraction of sp³-hybridized carbons (Fsp3) is 0.611. The van der Waals surface area contributed by atoms with Crippen LogP contribution < -0.4 is 4.90 Å². The summed E-state index contributed by atoms with van der Waals surface area (Å²) in [5.74, 6) is 0.153. The van der Waals surface area contributed by atoms with Crippen LogP contribution in [0, 0.1) is 0 Å². The Bertz CT molecular complexity index is 685. The molecule has 25 heavy (non-hydrogen) atoms. The van der Waals surface area contributed by atoms with E-state index in [4.69, 9.17) is 0 Å². The number of quaternary nitrogens is 1. The Labute approximate surface area is 150 Å². The van der Waals surface area contributed by atoms with Gasteiger partial charge in [-0.1, -0.05) is 18.2 Å². The molecular weight excluding hydrogens is 338 g/mol. The van der Waals surface area contributed by atoms with Crippen molar-refractivity contribution < 1.29 is 18.1 Å². The molecule has 1 N–H and O–H groups in total. The maximum Gasteiger partial charge on any atom is 0.277 e. The molecule has 138 valence electrons. The summed E-state index contributed by atoms with van der Waals surface area (Å²) in [6, 6.07) is 9.05. The van der Waals surface area contributed by atoms with Gasteiger partial charge in [-0.05, 0) is 38.3 Å². The summed E-state index contributed by atoms with van der Waals surface area (Å²) in [5.41, 5.74) is 0. The van der Waals surface area contributed by atoms with Crippen LogP contribution in [-0.2, 0) is 14.8 Å². The zero-order valence-corrected chi connectivity index (χ0v) is 15.7. The molecule has 3 rings (SSSR count). The van der Waals surface area contributed by atoms with Gasteiger partial charge in [0.25, 0.3) is 5.91 Å². The van der Waals surface area contributed by atoms with E-state index in [0.717, 1.165) is 6.54 Å². The molecule has 1 unspecified atom stereocenters. The lowest BCUT2D eigenvalue weighted by Crippen LogP contribution is -3.17. The highest BCUT2D eigenvalue weighted by Crippen LogP contribution is 2.17. The molecule has 2 atom stereocenters. The van der Waals surface area contributed by atoms with Crippen LogP contribution in [0.1, 0.15) is 26.2 Å². The molecule has 1 amide bonds. The molecule has 6 nitrogen and oxygen atoms in total. The number of piperidine rings is 1. The van der Waals surface area contributed by atoms with Gasteiger partial charge in [-0.25, -0.2) is 8.42 Å². The molecule has 2 aliphatic heterocycles. The summed E-state index contributed by atoms with van der Waals surface area (Å²) in [6.45, 7) is 5.51. The Morgan fingerprint density at radius 2 is 1.80 bits per heavy atom. The molecule has 2 aliphatic rings. The fourth-order valence-electron chi connectivity index (χ4n) is 3.74. The van der Waals surface area contributed by atoms with Crippen molar-refractivity contribution in [3.8, 4) is 0 Å². The van der Waals surface area contributed by atoms with Crippen LogP contribution in [-0.4, -0.2) is 68.8 Å². The molecule has 2 saturated heterocycles. The van der Waals surface area contributed by atoms with E-state index >= 15 is 0 Å². The molecule has 0 aromatic heterocycles. The van der Waals surface area contributed by atoms with Crippen molar-refractivity contribution in [2.24, 2.45) is 0 Å². The number of hydrogen-bond donors (Lipinski definition) is 1. The average molecular weight is 367 g/mol. The largest absolute Gasteiger partial charge is 0.335 e. The molecule has 0 spiro atoms. The highest BCUT2D eigenvalue weighted by Gasteiger charge is 2.32. The molecular formula is C18H28N3O3S+. The van der Waals surface area contributed by atoms with Crippen LogP contribution in [0.4, 0.5) is 0 Å². The second kappa shape index (κ2) is 7.85. The Morgan fingerprint density at radius 3 is 2.44 bits per heavy atom. The van der Waals surface area contributed by atoms with Crippen molar-refractivity contribution in [3.05, 3.63) is 30.3 Å². The van der Waals surface area contributed by atoms with E-state index < -0.39 is 10.0 Å². The summed E-state index contributed by atoms with van der Waals surface area (Å²) in [4.78, 5) is 16.1. The van der Waals surface area contributed by atoms with E-state index in [-0.39, 0.29) is 5.91 Å². The third-order valence-electron chi connectivity index (χ3n) is 5.43. The van der Waals surface area contributed by atoms with Gasteiger partial charge in [-0.2, -0.15) is 4.31 Å². The number of piperazine rings is 1. The zero-order chi connectivity index (χ0) is 17.9. The molecule has 0 radical (unpaired) electrons. The smallest absolute Gasteiger partial charge is 0.277 e. The van der Waals surface area contributed by atoms with Crippen molar-refractivity contribution in [3.63, 3.8) is 0 Å². The number of nitrogens with one attached hydrogen (secondary N) is 1. The van der Waals surface area contributed by atoms with Gasteiger partial charge in [0.2, 0.25) is 10.0 Å². The van der Waals surface area contributed by atoms with Gasteiger partial charge >= 0.3 is 0 Å². The van der Waals surface area contributed by atoms with Gasteiger partial charge in [0.15, 0.2) is 6.54 Å². The second-order valence-corrected chi connectivity index (χ2v) is 9.02. The van der Waals surface area contributed by atoms with Crippen molar-refractivity contribution in [1.29, 1.82) is 0 Å². The predicted octanol–water partition coefficient (Wildman–Crippen LogP) is -0.0232. The number of sulfonamides is 1. The number of amides is 1. The van der Waals surface area contributed by atoms with Crippen LogP contribution in [0.2, 0.25) is 0 Å². The third kappa shape index (κ3) is 4.22. The van der Waals surface area contributed by atoms with E-state index in [0.29, 0.717) is 43.7 Å². The van der Waals surface area contributed by atoms with Gasteiger partial charge in [-0.15, -0.1) is 0 Å². The predicted molar refractivity (Wildman–Crippen MR) is 95.8 cm³/mol. The van der Waals surface area contributed by atoms with Crippen LogP contribution in [0.3, 0.4) is 0 Å². The van der Waals surface area contributed by atoms with Crippen molar-refractivity contribution in [2.45, 2.75) is 37.1 Å². The Kier molecular flexibility index (Phi) is 5.76. The van der Waals surface area contributed by atoms with E-state index in [2.05, 4.69) is 6.92 Å². The van der Waals surface area contributed by atoms with Gasteiger partial charge in [-0.3, -0.25) is 4.79 Å². The molecule has 0 saturated carbocycles. The minimum atomic E-state index is -3.46. The lowest BCUT2D eigenvalue weighted by atomic mass is 10.0. The van der Waals surface area contributed by atoms with Gasteiger partial charge < -0.3 is 9.80 Å². The van der Waals surface area contributed by atoms with Gasteiger partial charge in [0.05, 0.1) is 17.5 Å². The minimum absolute atomic E-state index is 0.153. The van der Waals surface area contributed by atoms with E-state index in [1.54, 1.807) is 30.3 Å². The summed E-state index contributed by atoms with van der Waals surface area (Å²) in [7, 11) is -3.46. The topological polar surface area (TPSA) is 62.1 Å². The number of nitrogens with zero attached hydrogens (tertiary/aromatic N) is 2. The maximum absolute atomic E-state index is 12.6. The first-order chi connectivity index (χ1) is 12.0. The fourth-order valence-corrected chi connectivity index (χ4v) is 5.18. The first-order valence-corrected chi connectivity index (χ1v) is 10.6. The van der Waals surface area contributed by atoms with E-state index in [1.807, 2.05) is 4.90 Å². The summed E-state index contributed by atoms with van der Waals surface area (Å²) < 4.78 is 26.8. The molecule has 0 bridgehead atoms. The lowest BCUT2D eigenvalue weighted by molar-refractivity contribution is -0.921. The normalized spacial score (nSPS) is 25.7. The average Bonchev–Trinajstić information content (AvgIpc) is 2.64. The maximum atomic E-state index is 12.6. The summed E-state index contributed by atoms with van der Waals surface area (Å²) in [6.07, 6.45) is 3.64. The first kappa shape index (κ1) is 18.4. The monoisotopic (exact) mass is 366 g/mol. The van der Waals surface area contributed by atoms with Crippen LogP contribution >= 0.6 is 0 Å². The van der Waals surface area contributed by atoms with E-state index in [1.165, 1.54) is 28.5 Å².